The highest BCUT2D eigenvalue weighted by molar-refractivity contribution is 5.98. The van der Waals surface area contributed by atoms with E-state index in [4.69, 9.17) is 15.5 Å². The van der Waals surface area contributed by atoms with Crippen LogP contribution in [-0.4, -0.2) is 27.7 Å². The number of aromatic nitrogens is 2. The normalized spacial score (nSPS) is 11.7. The average molecular weight is 261 g/mol. The van der Waals surface area contributed by atoms with Gasteiger partial charge in [-0.1, -0.05) is 34.6 Å². The van der Waals surface area contributed by atoms with E-state index in [1.807, 2.05) is 24.3 Å². The fourth-order valence-corrected chi connectivity index (χ4v) is 1.70. The van der Waals surface area contributed by atoms with E-state index in [2.05, 4.69) is 20.6 Å². The summed E-state index contributed by atoms with van der Waals surface area (Å²) in [6.45, 7) is 1.31. The minimum absolute atomic E-state index is 0.106. The molecule has 0 saturated heterocycles. The lowest BCUT2D eigenvalue weighted by Crippen LogP contribution is -2.21. The predicted octanol–water partition coefficient (Wildman–Crippen LogP) is 0.496. The summed E-state index contributed by atoms with van der Waals surface area (Å²) in [5.74, 6) is 0.700. The lowest BCUT2D eigenvalue weighted by atomic mass is 10.1. The first-order chi connectivity index (χ1) is 9.31. The SMILES string of the molecule is N/C(=N/O)c1ccccc1CNCCc1ncno1. The first-order valence-electron chi connectivity index (χ1n) is 5.83. The van der Waals surface area contributed by atoms with Gasteiger partial charge in [-0.2, -0.15) is 4.98 Å². The molecule has 2 aromatic rings. The third-order valence-electron chi connectivity index (χ3n) is 2.64. The van der Waals surface area contributed by atoms with E-state index in [-0.39, 0.29) is 5.84 Å². The van der Waals surface area contributed by atoms with E-state index in [9.17, 15) is 0 Å². The van der Waals surface area contributed by atoms with Crippen molar-refractivity contribution in [2.24, 2.45) is 10.9 Å². The Balaban J connectivity index is 1.89. The van der Waals surface area contributed by atoms with Gasteiger partial charge in [-0.05, 0) is 5.56 Å². The smallest absolute Gasteiger partial charge is 0.227 e. The number of oxime groups is 1. The molecular formula is C12H15N5O2. The molecule has 0 unspecified atom stereocenters. The molecule has 4 N–H and O–H groups in total. The van der Waals surface area contributed by atoms with Crippen LogP contribution in [0.1, 0.15) is 17.0 Å². The summed E-state index contributed by atoms with van der Waals surface area (Å²) in [6.07, 6.45) is 2.04. The Kier molecular flexibility index (Phi) is 4.46. The topological polar surface area (TPSA) is 110 Å². The number of nitrogens with one attached hydrogen (secondary N) is 1. The fraction of sp³-hybridized carbons (Fsp3) is 0.250. The third-order valence-corrected chi connectivity index (χ3v) is 2.64. The van der Waals surface area contributed by atoms with Crippen LogP contribution in [0.3, 0.4) is 0 Å². The van der Waals surface area contributed by atoms with Gasteiger partial charge in [0.25, 0.3) is 0 Å². The second-order valence-corrected chi connectivity index (χ2v) is 3.90. The molecule has 0 saturated carbocycles. The van der Waals surface area contributed by atoms with Gasteiger partial charge in [0.05, 0.1) is 0 Å². The monoisotopic (exact) mass is 261 g/mol. The summed E-state index contributed by atoms with van der Waals surface area (Å²) in [7, 11) is 0. The summed E-state index contributed by atoms with van der Waals surface area (Å²) in [5.41, 5.74) is 7.29. The Labute approximate surface area is 110 Å². The van der Waals surface area contributed by atoms with Crippen molar-refractivity contribution in [2.45, 2.75) is 13.0 Å². The zero-order chi connectivity index (χ0) is 13.5. The summed E-state index contributed by atoms with van der Waals surface area (Å²) in [6, 6.07) is 7.48. The molecule has 7 nitrogen and oxygen atoms in total. The highest BCUT2D eigenvalue weighted by atomic mass is 16.5. The molecule has 19 heavy (non-hydrogen) atoms. The molecule has 7 heteroatoms. The molecule has 0 amide bonds. The summed E-state index contributed by atoms with van der Waals surface area (Å²) >= 11 is 0. The quantitative estimate of drug-likeness (QED) is 0.229. The molecule has 0 aliphatic heterocycles. The van der Waals surface area contributed by atoms with Crippen LogP contribution in [0.5, 0.6) is 0 Å². The second kappa shape index (κ2) is 6.50. The highest BCUT2D eigenvalue weighted by Crippen LogP contribution is 2.08. The lowest BCUT2D eigenvalue weighted by molar-refractivity contribution is 0.318. The Morgan fingerprint density at radius 1 is 1.42 bits per heavy atom. The van der Waals surface area contributed by atoms with Crippen molar-refractivity contribution in [3.63, 3.8) is 0 Å². The maximum Gasteiger partial charge on any atom is 0.227 e. The van der Waals surface area contributed by atoms with Crippen LogP contribution in [0.15, 0.2) is 40.3 Å². The maximum atomic E-state index is 8.72. The van der Waals surface area contributed by atoms with Gasteiger partial charge in [0, 0.05) is 25.1 Å². The molecule has 0 radical (unpaired) electrons. The van der Waals surface area contributed by atoms with Crippen molar-refractivity contribution in [1.29, 1.82) is 0 Å². The lowest BCUT2D eigenvalue weighted by Gasteiger charge is -2.08. The van der Waals surface area contributed by atoms with Gasteiger partial charge < -0.3 is 20.8 Å². The maximum absolute atomic E-state index is 8.72. The third kappa shape index (κ3) is 3.52. The van der Waals surface area contributed by atoms with Crippen LogP contribution in [0, 0.1) is 0 Å². The molecule has 0 atom stereocenters. The molecule has 1 aromatic heterocycles. The first kappa shape index (κ1) is 13.0. The van der Waals surface area contributed by atoms with Crippen LogP contribution in [-0.2, 0) is 13.0 Å². The van der Waals surface area contributed by atoms with E-state index < -0.39 is 0 Å². The van der Waals surface area contributed by atoms with Crippen LogP contribution in [0.25, 0.3) is 0 Å². The van der Waals surface area contributed by atoms with Crippen LogP contribution in [0.2, 0.25) is 0 Å². The zero-order valence-electron chi connectivity index (χ0n) is 10.3. The number of rotatable bonds is 6. The standard InChI is InChI=1S/C12H15N5O2/c13-12(17-18)10-4-2-1-3-9(10)7-14-6-5-11-15-8-16-19-11/h1-4,8,14,18H,5-7H2,(H2,13,17). The van der Waals surface area contributed by atoms with Crippen molar-refractivity contribution in [2.75, 3.05) is 6.54 Å². The van der Waals surface area contributed by atoms with Gasteiger partial charge in [-0.15, -0.1) is 0 Å². The van der Waals surface area contributed by atoms with Gasteiger partial charge in [-0.25, -0.2) is 0 Å². The van der Waals surface area contributed by atoms with E-state index in [1.165, 1.54) is 6.33 Å². The minimum atomic E-state index is 0.106. The molecule has 2 rings (SSSR count). The van der Waals surface area contributed by atoms with Crippen LogP contribution in [0.4, 0.5) is 0 Å². The van der Waals surface area contributed by atoms with Gasteiger partial charge in [0.1, 0.15) is 0 Å². The number of nitrogens with two attached hydrogens (primary N) is 1. The number of amidine groups is 1. The number of benzene rings is 1. The number of hydrogen-bond acceptors (Lipinski definition) is 6. The van der Waals surface area contributed by atoms with Crippen LogP contribution >= 0.6 is 0 Å². The Morgan fingerprint density at radius 2 is 2.26 bits per heavy atom. The van der Waals surface area contributed by atoms with Gasteiger partial charge in [0.2, 0.25) is 5.89 Å². The van der Waals surface area contributed by atoms with E-state index in [0.29, 0.717) is 25.4 Å². The molecule has 0 spiro atoms. The van der Waals surface area contributed by atoms with Crippen molar-refractivity contribution >= 4 is 5.84 Å². The Hall–Kier alpha value is -2.41. The Bertz CT molecular complexity index is 539. The predicted molar refractivity (Wildman–Crippen MR) is 68.7 cm³/mol. The van der Waals surface area contributed by atoms with E-state index >= 15 is 0 Å². The highest BCUT2D eigenvalue weighted by Gasteiger charge is 2.06. The first-order valence-corrected chi connectivity index (χ1v) is 5.83. The Morgan fingerprint density at radius 3 is 3.00 bits per heavy atom. The average Bonchev–Trinajstić information content (AvgIpc) is 2.96. The van der Waals surface area contributed by atoms with Crippen molar-refractivity contribution in [3.05, 3.63) is 47.6 Å². The molecule has 0 aliphatic rings. The summed E-state index contributed by atoms with van der Waals surface area (Å²) in [5, 5.41) is 18.5. The van der Waals surface area contributed by atoms with Crippen molar-refractivity contribution in [3.8, 4) is 0 Å². The van der Waals surface area contributed by atoms with Crippen LogP contribution < -0.4 is 11.1 Å². The van der Waals surface area contributed by atoms with E-state index in [1.54, 1.807) is 0 Å². The van der Waals surface area contributed by atoms with Crippen molar-refractivity contribution < 1.29 is 9.73 Å². The molecule has 0 aliphatic carbocycles. The van der Waals surface area contributed by atoms with Gasteiger partial charge in [-0.3, -0.25) is 0 Å². The largest absolute Gasteiger partial charge is 0.409 e. The molecule has 1 heterocycles. The van der Waals surface area contributed by atoms with E-state index in [0.717, 1.165) is 11.1 Å². The minimum Gasteiger partial charge on any atom is -0.409 e. The molecular weight excluding hydrogens is 246 g/mol. The van der Waals surface area contributed by atoms with Gasteiger partial charge >= 0.3 is 0 Å². The molecule has 0 fully saturated rings. The summed E-state index contributed by atoms with van der Waals surface area (Å²) < 4.78 is 4.89. The molecule has 100 valence electrons. The van der Waals surface area contributed by atoms with Crippen molar-refractivity contribution in [1.82, 2.24) is 15.5 Å². The summed E-state index contributed by atoms with van der Waals surface area (Å²) in [4.78, 5) is 3.93. The molecule has 1 aromatic carbocycles. The number of nitrogens with zero attached hydrogens (tertiary/aromatic N) is 3. The molecule has 0 bridgehead atoms. The fourth-order valence-electron chi connectivity index (χ4n) is 1.70. The number of hydrogen-bond donors (Lipinski definition) is 3. The second-order valence-electron chi connectivity index (χ2n) is 3.90. The van der Waals surface area contributed by atoms with Gasteiger partial charge in [0.15, 0.2) is 12.2 Å². The zero-order valence-corrected chi connectivity index (χ0v) is 10.3.